The van der Waals surface area contributed by atoms with Gasteiger partial charge in [-0.25, -0.2) is 0 Å². The third-order valence-corrected chi connectivity index (χ3v) is 9.52. The van der Waals surface area contributed by atoms with E-state index in [1.54, 1.807) is 81.9 Å². The van der Waals surface area contributed by atoms with E-state index < -0.39 is 17.3 Å². The summed E-state index contributed by atoms with van der Waals surface area (Å²) in [6, 6.07) is 38.5. The molecule has 8 aromatic rings. The Morgan fingerprint density at radius 1 is 0.444 bits per heavy atom. The fourth-order valence-corrected chi connectivity index (χ4v) is 7.26. The van der Waals surface area contributed by atoms with Crippen molar-refractivity contribution in [3.05, 3.63) is 142 Å². The molecular weight excluding hydrogens is 686 g/mol. The van der Waals surface area contributed by atoms with Crippen molar-refractivity contribution in [1.29, 1.82) is 31.6 Å². The van der Waals surface area contributed by atoms with Gasteiger partial charge in [0, 0.05) is 27.1 Å². The second kappa shape index (κ2) is 12.2. The molecule has 0 aliphatic rings. The lowest BCUT2D eigenvalue weighted by Gasteiger charge is -2.20. The highest BCUT2D eigenvalue weighted by molar-refractivity contribution is 6.12. The Morgan fingerprint density at radius 2 is 0.833 bits per heavy atom. The number of nitrogens with zero attached hydrogens (tertiary/aromatic N) is 8. The summed E-state index contributed by atoms with van der Waals surface area (Å²) in [4.78, 5) is 0. The molecule has 0 aliphatic carbocycles. The molecule has 54 heavy (non-hydrogen) atoms. The maximum atomic E-state index is 14.8. The predicted molar refractivity (Wildman–Crippen MR) is 194 cm³/mol. The van der Waals surface area contributed by atoms with E-state index in [1.165, 1.54) is 18.2 Å². The number of alkyl halides is 3. The molecule has 250 valence electrons. The van der Waals surface area contributed by atoms with Gasteiger partial charge < -0.3 is 9.13 Å². The van der Waals surface area contributed by atoms with E-state index in [0.717, 1.165) is 12.1 Å². The molecule has 6 aromatic carbocycles. The van der Waals surface area contributed by atoms with Gasteiger partial charge in [0.15, 0.2) is 0 Å². The Labute approximate surface area is 304 Å². The van der Waals surface area contributed by atoms with Gasteiger partial charge in [0.05, 0.1) is 97.2 Å². The summed E-state index contributed by atoms with van der Waals surface area (Å²) in [7, 11) is 0. The summed E-state index contributed by atoms with van der Waals surface area (Å²) in [6.45, 7) is 0. The summed E-state index contributed by atoms with van der Waals surface area (Å²) < 4.78 is 47.8. The first kappa shape index (κ1) is 32.8. The highest BCUT2D eigenvalue weighted by Gasteiger charge is 2.35. The minimum Gasteiger partial charge on any atom is -0.308 e. The van der Waals surface area contributed by atoms with Crippen LogP contribution >= 0.6 is 0 Å². The first-order valence-corrected chi connectivity index (χ1v) is 16.1. The van der Waals surface area contributed by atoms with E-state index in [4.69, 9.17) is 0 Å². The van der Waals surface area contributed by atoms with Crippen molar-refractivity contribution in [1.82, 2.24) is 9.13 Å². The number of rotatable bonds is 3. The van der Waals surface area contributed by atoms with Crippen molar-refractivity contribution in [3.63, 3.8) is 0 Å². The SMILES string of the molecule is N#Cc1ccc2c(c1)c1cc(C#N)ccc1n2-c1cc(-c2c(C#N)cccc2C(F)(F)F)cc(-n2c3ccc(C#N)cc3c3cc(C#N)ccc32)c1C#N. The van der Waals surface area contributed by atoms with Crippen LogP contribution in [0.3, 0.4) is 0 Å². The average Bonchev–Trinajstić information content (AvgIpc) is 3.70. The molecule has 8 rings (SSSR count). The standard InChI is InChI=1S/C43H17F3N8/c44-43(45,46)35-3-1-2-28(22-51)42(35)29-16-40(53-36-8-4-24(18-47)12-30(36)31-13-25(19-48)5-9-37(31)53)34(23-52)41(17-29)54-38-10-6-26(20-49)14-32(38)33-15-27(21-50)7-11-39(33)54/h1-17H. The van der Waals surface area contributed by atoms with Crippen LogP contribution in [0, 0.1) is 68.0 Å². The molecule has 0 fully saturated rings. The van der Waals surface area contributed by atoms with Gasteiger partial charge in [0.1, 0.15) is 11.6 Å². The fourth-order valence-electron chi connectivity index (χ4n) is 7.26. The van der Waals surface area contributed by atoms with Gasteiger partial charge in [0.2, 0.25) is 0 Å². The lowest BCUT2D eigenvalue weighted by atomic mass is 9.92. The molecule has 0 saturated carbocycles. The molecule has 0 bridgehead atoms. The summed E-state index contributed by atoms with van der Waals surface area (Å²) in [6.07, 6.45) is -4.86. The zero-order chi connectivity index (χ0) is 37.9. The van der Waals surface area contributed by atoms with Crippen molar-refractivity contribution in [2.45, 2.75) is 6.18 Å². The zero-order valence-electron chi connectivity index (χ0n) is 27.5. The number of halogens is 3. The number of nitriles is 6. The normalized spacial score (nSPS) is 11.1. The van der Waals surface area contributed by atoms with E-state index in [1.807, 2.05) is 6.07 Å². The predicted octanol–water partition coefficient (Wildman–Crippen LogP) is 9.80. The molecule has 0 N–H and O–H groups in total. The van der Waals surface area contributed by atoms with Gasteiger partial charge in [-0.15, -0.1) is 0 Å². The zero-order valence-corrected chi connectivity index (χ0v) is 27.5. The van der Waals surface area contributed by atoms with Crippen LogP contribution in [0.4, 0.5) is 13.2 Å². The Hall–Kier alpha value is -8.35. The van der Waals surface area contributed by atoms with E-state index in [2.05, 4.69) is 30.3 Å². The van der Waals surface area contributed by atoms with Crippen molar-refractivity contribution in [2.24, 2.45) is 0 Å². The number of fused-ring (bicyclic) bond motifs is 6. The Balaban J connectivity index is 1.61. The highest BCUT2D eigenvalue weighted by atomic mass is 19.4. The first-order valence-electron chi connectivity index (χ1n) is 16.1. The van der Waals surface area contributed by atoms with Crippen molar-refractivity contribution in [2.75, 3.05) is 0 Å². The van der Waals surface area contributed by atoms with Crippen LogP contribution in [0.25, 0.3) is 66.1 Å². The second-order valence-corrected chi connectivity index (χ2v) is 12.4. The van der Waals surface area contributed by atoms with E-state index in [0.29, 0.717) is 65.9 Å². The Kier molecular flexibility index (Phi) is 7.39. The van der Waals surface area contributed by atoms with Crippen LogP contribution in [0.5, 0.6) is 0 Å². The fraction of sp³-hybridized carbons (Fsp3) is 0.0233. The van der Waals surface area contributed by atoms with Gasteiger partial charge in [-0.3, -0.25) is 0 Å². The van der Waals surface area contributed by atoms with E-state index in [-0.39, 0.29) is 28.1 Å². The summed E-state index contributed by atoms with van der Waals surface area (Å²) in [5.41, 5.74) is 1.99. The molecule has 2 heterocycles. The minimum atomic E-state index is -4.86. The smallest absolute Gasteiger partial charge is 0.308 e. The number of aromatic nitrogens is 2. The van der Waals surface area contributed by atoms with Gasteiger partial charge >= 0.3 is 6.18 Å². The van der Waals surface area contributed by atoms with Crippen molar-refractivity contribution < 1.29 is 13.2 Å². The molecule has 0 atom stereocenters. The summed E-state index contributed by atoms with van der Waals surface area (Å²) in [5, 5.41) is 62.5. The Bertz CT molecular complexity index is 2920. The average molecular weight is 703 g/mol. The molecule has 0 radical (unpaired) electrons. The molecule has 8 nitrogen and oxygen atoms in total. The molecule has 0 amide bonds. The third-order valence-electron chi connectivity index (χ3n) is 9.52. The van der Waals surface area contributed by atoms with Crippen molar-refractivity contribution >= 4 is 43.6 Å². The van der Waals surface area contributed by atoms with E-state index in [9.17, 15) is 44.7 Å². The van der Waals surface area contributed by atoms with Crippen molar-refractivity contribution in [3.8, 4) is 58.9 Å². The molecule has 0 saturated heterocycles. The quantitative estimate of drug-likeness (QED) is 0.179. The largest absolute Gasteiger partial charge is 0.417 e. The number of benzene rings is 6. The van der Waals surface area contributed by atoms with Crippen LogP contribution < -0.4 is 0 Å². The van der Waals surface area contributed by atoms with Crippen LogP contribution in [0.2, 0.25) is 0 Å². The third kappa shape index (κ3) is 4.87. The highest BCUT2D eigenvalue weighted by Crippen LogP contribution is 2.44. The molecule has 0 aliphatic heterocycles. The van der Waals surface area contributed by atoms with Crippen LogP contribution in [-0.4, -0.2) is 9.13 Å². The van der Waals surface area contributed by atoms with E-state index >= 15 is 0 Å². The molecule has 11 heteroatoms. The summed E-state index contributed by atoms with van der Waals surface area (Å²) in [5.74, 6) is 0. The lowest BCUT2D eigenvalue weighted by molar-refractivity contribution is -0.137. The van der Waals surface area contributed by atoms with Crippen LogP contribution in [0.15, 0.2) is 103 Å². The first-order chi connectivity index (χ1) is 26.1. The van der Waals surface area contributed by atoms with Gasteiger partial charge in [-0.1, -0.05) is 6.07 Å². The number of hydrogen-bond acceptors (Lipinski definition) is 6. The lowest BCUT2D eigenvalue weighted by Crippen LogP contribution is -2.10. The topological polar surface area (TPSA) is 153 Å². The Morgan fingerprint density at radius 3 is 1.15 bits per heavy atom. The number of hydrogen-bond donors (Lipinski definition) is 0. The molecule has 0 unspecified atom stereocenters. The second-order valence-electron chi connectivity index (χ2n) is 12.4. The maximum absolute atomic E-state index is 14.8. The minimum absolute atomic E-state index is 0.0157. The molecular formula is C43H17F3N8. The maximum Gasteiger partial charge on any atom is 0.417 e. The van der Waals surface area contributed by atoms with Crippen LogP contribution in [-0.2, 0) is 6.18 Å². The van der Waals surface area contributed by atoms with Crippen LogP contribution in [0.1, 0.15) is 38.9 Å². The summed E-state index contributed by atoms with van der Waals surface area (Å²) >= 11 is 0. The van der Waals surface area contributed by atoms with Gasteiger partial charge in [-0.2, -0.15) is 44.7 Å². The molecule has 2 aromatic heterocycles. The monoisotopic (exact) mass is 702 g/mol. The molecule has 0 spiro atoms. The van der Waals surface area contributed by atoms with Gasteiger partial charge in [-0.05, 0) is 103 Å². The van der Waals surface area contributed by atoms with Gasteiger partial charge in [0.25, 0.3) is 0 Å².